The van der Waals surface area contributed by atoms with E-state index in [0.29, 0.717) is 103 Å². The van der Waals surface area contributed by atoms with Gasteiger partial charge in [0.1, 0.15) is 25.2 Å². The minimum absolute atomic E-state index is 0.201. The summed E-state index contributed by atoms with van der Waals surface area (Å²) in [6.07, 6.45) is 0.794. The Kier molecular flexibility index (Phi) is 18.3. The summed E-state index contributed by atoms with van der Waals surface area (Å²) in [5.74, 6) is 0.342. The van der Waals surface area contributed by atoms with Gasteiger partial charge in [-0.05, 0) is 36.4 Å². The maximum atomic E-state index is 11.7. The van der Waals surface area contributed by atoms with Crippen molar-refractivity contribution in [2.45, 2.75) is 0 Å². The summed E-state index contributed by atoms with van der Waals surface area (Å²) in [5, 5.41) is 0. The molecule has 210 valence electrons. The Morgan fingerprint density at radius 2 is 0.947 bits per heavy atom. The second-order valence-electron chi connectivity index (χ2n) is 7.71. The van der Waals surface area contributed by atoms with Gasteiger partial charge >= 0.3 is 5.97 Å². The Morgan fingerprint density at radius 3 is 1.39 bits per heavy atom. The lowest BCUT2D eigenvalue weighted by Crippen LogP contribution is -2.15. The zero-order chi connectivity index (χ0) is 26.9. The number of hydrogen-bond acceptors (Lipinski definition) is 10. The molecule has 0 heterocycles. The number of hydrogen-bond donors (Lipinski definition) is 0. The molecule has 0 unspecified atom stereocenters. The fraction of sp³-hybridized carbons (Fsp3) is 0.500. The molecule has 0 amide bonds. The van der Waals surface area contributed by atoms with E-state index in [2.05, 4.69) is 0 Å². The van der Waals surface area contributed by atoms with Crippen LogP contribution in [0.3, 0.4) is 0 Å². The van der Waals surface area contributed by atoms with Gasteiger partial charge in [-0.2, -0.15) is 0 Å². The fourth-order valence-electron chi connectivity index (χ4n) is 2.91. The van der Waals surface area contributed by atoms with Crippen LogP contribution in [0.2, 0.25) is 0 Å². The standard InChI is InChI=1S/C28H38O10/c29-24-25-6-8-27(9-7-25)37-22-20-35-18-16-33-14-12-31-10-11-32-13-15-34-17-19-36-21-23-38-28(30)26-4-2-1-3-5-26/h1-9,24H,10-23H2. The number of esters is 1. The molecule has 0 aliphatic heterocycles. The van der Waals surface area contributed by atoms with Crippen LogP contribution in [-0.4, -0.2) is 105 Å². The molecule has 0 radical (unpaired) electrons. The van der Waals surface area contributed by atoms with Gasteiger partial charge in [-0.3, -0.25) is 4.79 Å². The lowest BCUT2D eigenvalue weighted by molar-refractivity contribution is -0.0201. The molecule has 2 aromatic carbocycles. The predicted molar refractivity (Wildman–Crippen MR) is 139 cm³/mol. The molecule has 0 N–H and O–H groups in total. The number of carbonyl (C=O) groups is 2. The zero-order valence-electron chi connectivity index (χ0n) is 21.8. The van der Waals surface area contributed by atoms with Crippen molar-refractivity contribution < 1.29 is 47.5 Å². The van der Waals surface area contributed by atoms with E-state index in [1.165, 1.54) is 0 Å². The van der Waals surface area contributed by atoms with Crippen LogP contribution in [0.25, 0.3) is 0 Å². The molecule has 0 aliphatic rings. The smallest absolute Gasteiger partial charge is 0.338 e. The lowest BCUT2D eigenvalue weighted by Gasteiger charge is -2.09. The summed E-state index contributed by atoms with van der Waals surface area (Å²) in [5.41, 5.74) is 1.14. The van der Waals surface area contributed by atoms with Crippen LogP contribution in [0.4, 0.5) is 0 Å². The molecule has 0 saturated heterocycles. The molecule has 0 fully saturated rings. The van der Waals surface area contributed by atoms with Crippen LogP contribution in [0.5, 0.6) is 5.75 Å². The molecular formula is C28H38O10. The highest BCUT2D eigenvalue weighted by atomic mass is 16.6. The number of carbonyl (C=O) groups excluding carboxylic acids is 2. The average Bonchev–Trinajstić information content (AvgIpc) is 2.96. The van der Waals surface area contributed by atoms with Gasteiger partial charge in [-0.1, -0.05) is 18.2 Å². The van der Waals surface area contributed by atoms with Crippen molar-refractivity contribution in [2.75, 3.05) is 92.5 Å². The lowest BCUT2D eigenvalue weighted by atomic mass is 10.2. The van der Waals surface area contributed by atoms with E-state index in [0.717, 1.165) is 6.29 Å². The summed E-state index contributed by atoms with van der Waals surface area (Å²) in [6, 6.07) is 15.8. The normalized spacial score (nSPS) is 10.8. The maximum Gasteiger partial charge on any atom is 0.338 e. The van der Waals surface area contributed by atoms with Gasteiger partial charge in [-0.15, -0.1) is 0 Å². The van der Waals surface area contributed by atoms with Crippen molar-refractivity contribution in [3.63, 3.8) is 0 Å². The predicted octanol–water partition coefficient (Wildman–Crippen LogP) is 2.83. The second kappa shape index (κ2) is 22.2. The highest BCUT2D eigenvalue weighted by Gasteiger charge is 2.05. The van der Waals surface area contributed by atoms with Gasteiger partial charge < -0.3 is 37.9 Å². The van der Waals surface area contributed by atoms with Gasteiger partial charge in [-0.25, -0.2) is 4.79 Å². The van der Waals surface area contributed by atoms with Gasteiger partial charge in [0.05, 0.1) is 84.8 Å². The Bertz CT molecular complexity index is 844. The Balaban J connectivity index is 1.22. The molecule has 10 heteroatoms. The van der Waals surface area contributed by atoms with Gasteiger partial charge in [0.15, 0.2) is 0 Å². The second-order valence-corrected chi connectivity index (χ2v) is 7.71. The minimum Gasteiger partial charge on any atom is -0.491 e. The molecule has 2 aromatic rings. The molecule has 0 aliphatic carbocycles. The third kappa shape index (κ3) is 16.1. The third-order valence-electron chi connectivity index (χ3n) is 4.84. The molecule has 0 spiro atoms. The van der Waals surface area contributed by atoms with Crippen molar-refractivity contribution in [2.24, 2.45) is 0 Å². The molecule has 10 nitrogen and oxygen atoms in total. The Morgan fingerprint density at radius 1 is 0.526 bits per heavy atom. The van der Waals surface area contributed by atoms with Crippen molar-refractivity contribution in [3.8, 4) is 5.75 Å². The van der Waals surface area contributed by atoms with E-state index in [-0.39, 0.29) is 12.6 Å². The summed E-state index contributed by atoms with van der Waals surface area (Å²) in [7, 11) is 0. The van der Waals surface area contributed by atoms with Gasteiger partial charge in [0.2, 0.25) is 0 Å². The first-order chi connectivity index (χ1) is 18.8. The monoisotopic (exact) mass is 534 g/mol. The van der Waals surface area contributed by atoms with E-state index in [1.54, 1.807) is 48.5 Å². The Hall–Kier alpha value is -2.86. The topological polar surface area (TPSA) is 108 Å². The first-order valence-electron chi connectivity index (χ1n) is 12.7. The summed E-state index contributed by atoms with van der Waals surface area (Å²) in [6.45, 7) is 6.09. The van der Waals surface area contributed by atoms with Crippen LogP contribution in [0.15, 0.2) is 54.6 Å². The van der Waals surface area contributed by atoms with E-state index < -0.39 is 0 Å². The minimum atomic E-state index is -0.358. The van der Waals surface area contributed by atoms with E-state index >= 15 is 0 Å². The largest absolute Gasteiger partial charge is 0.491 e. The Labute approximate surface area is 224 Å². The van der Waals surface area contributed by atoms with E-state index in [1.807, 2.05) is 6.07 Å². The molecule has 0 saturated carbocycles. The van der Waals surface area contributed by atoms with Crippen molar-refractivity contribution >= 4 is 12.3 Å². The highest BCUT2D eigenvalue weighted by molar-refractivity contribution is 5.89. The van der Waals surface area contributed by atoms with Crippen LogP contribution in [-0.2, 0) is 33.2 Å². The van der Waals surface area contributed by atoms with Crippen LogP contribution < -0.4 is 4.74 Å². The van der Waals surface area contributed by atoms with Crippen molar-refractivity contribution in [1.82, 2.24) is 0 Å². The first kappa shape index (κ1) is 31.4. The molecule has 0 aromatic heterocycles. The zero-order valence-corrected chi connectivity index (χ0v) is 21.8. The molecular weight excluding hydrogens is 496 g/mol. The number of aldehydes is 1. The SMILES string of the molecule is O=Cc1ccc(OCCOCCOCCOCCOCCOCCOCCOC(=O)c2ccccc2)cc1. The van der Waals surface area contributed by atoms with Crippen molar-refractivity contribution in [3.05, 3.63) is 65.7 Å². The number of rotatable bonds is 24. The van der Waals surface area contributed by atoms with Crippen LogP contribution in [0.1, 0.15) is 20.7 Å². The molecule has 0 atom stereocenters. The van der Waals surface area contributed by atoms with Crippen molar-refractivity contribution in [1.29, 1.82) is 0 Å². The molecule has 38 heavy (non-hydrogen) atoms. The maximum absolute atomic E-state index is 11.7. The highest BCUT2D eigenvalue weighted by Crippen LogP contribution is 2.10. The third-order valence-corrected chi connectivity index (χ3v) is 4.84. The average molecular weight is 535 g/mol. The summed E-state index contributed by atoms with van der Waals surface area (Å²) < 4.78 is 43.2. The fourth-order valence-corrected chi connectivity index (χ4v) is 2.91. The first-order valence-corrected chi connectivity index (χ1v) is 12.7. The number of benzene rings is 2. The molecule has 2 rings (SSSR count). The number of ether oxygens (including phenoxy) is 8. The van der Waals surface area contributed by atoms with Gasteiger partial charge in [0.25, 0.3) is 0 Å². The van der Waals surface area contributed by atoms with E-state index in [4.69, 9.17) is 37.9 Å². The van der Waals surface area contributed by atoms with E-state index in [9.17, 15) is 9.59 Å². The molecule has 0 bridgehead atoms. The summed E-state index contributed by atoms with van der Waals surface area (Å²) in [4.78, 5) is 22.4. The van der Waals surface area contributed by atoms with Crippen LogP contribution >= 0.6 is 0 Å². The quantitative estimate of drug-likeness (QED) is 0.113. The van der Waals surface area contributed by atoms with Crippen LogP contribution in [0, 0.1) is 0 Å². The summed E-state index contributed by atoms with van der Waals surface area (Å²) >= 11 is 0. The van der Waals surface area contributed by atoms with Gasteiger partial charge in [0, 0.05) is 5.56 Å².